The number of esters is 1. The number of carbonyl (C=O) groups is 2. The topological polar surface area (TPSA) is 64.6 Å². The summed E-state index contributed by atoms with van der Waals surface area (Å²) < 4.78 is 11.6. The van der Waals surface area contributed by atoms with Gasteiger partial charge in [-0.3, -0.25) is 4.79 Å². The molecule has 26 heavy (non-hydrogen) atoms. The van der Waals surface area contributed by atoms with E-state index in [0.29, 0.717) is 23.6 Å². The molecule has 0 saturated heterocycles. The van der Waals surface area contributed by atoms with Gasteiger partial charge in [0, 0.05) is 10.2 Å². The number of amides is 1. The van der Waals surface area contributed by atoms with E-state index in [1.54, 1.807) is 30.3 Å². The van der Waals surface area contributed by atoms with Crippen molar-refractivity contribution in [2.45, 2.75) is 26.7 Å². The summed E-state index contributed by atoms with van der Waals surface area (Å²) in [6, 6.07) is 12.1. The summed E-state index contributed by atoms with van der Waals surface area (Å²) in [4.78, 5) is 23.8. The fourth-order valence-corrected chi connectivity index (χ4v) is 2.38. The molecule has 5 nitrogen and oxygen atoms in total. The van der Waals surface area contributed by atoms with E-state index >= 15 is 0 Å². The predicted octanol–water partition coefficient (Wildman–Crippen LogP) is 4.73. The molecule has 0 fully saturated rings. The maximum atomic E-state index is 12.0. The molecule has 0 aliphatic carbocycles. The van der Waals surface area contributed by atoms with Gasteiger partial charge in [0.15, 0.2) is 6.61 Å². The Hall–Kier alpha value is -2.34. The average molecular weight is 420 g/mol. The SMILES string of the molecule is CCCCOC(=O)c1ccc(NC(=O)COc2ccc(Br)c(C)c2)cc1. The first-order valence-electron chi connectivity index (χ1n) is 8.45. The summed E-state index contributed by atoms with van der Waals surface area (Å²) in [5.74, 6) is 0.000125. The molecule has 0 bridgehead atoms. The molecule has 0 atom stereocenters. The third-order valence-corrected chi connectivity index (χ3v) is 4.52. The van der Waals surface area contributed by atoms with E-state index in [1.165, 1.54) is 0 Å². The molecular formula is C20H22BrNO4. The van der Waals surface area contributed by atoms with Crippen molar-refractivity contribution in [2.75, 3.05) is 18.5 Å². The quantitative estimate of drug-likeness (QED) is 0.495. The van der Waals surface area contributed by atoms with Gasteiger partial charge in [-0.05, 0) is 61.4 Å². The molecule has 0 unspecified atom stereocenters. The van der Waals surface area contributed by atoms with E-state index in [0.717, 1.165) is 22.9 Å². The standard InChI is InChI=1S/C20H22BrNO4/c1-3-4-11-25-20(24)15-5-7-16(8-6-15)22-19(23)13-26-17-9-10-18(21)14(2)12-17/h5-10,12H,3-4,11,13H2,1-2H3,(H,22,23). The summed E-state index contributed by atoms with van der Waals surface area (Å²) in [5.41, 5.74) is 2.08. The summed E-state index contributed by atoms with van der Waals surface area (Å²) in [7, 11) is 0. The fraction of sp³-hybridized carbons (Fsp3) is 0.300. The third kappa shape index (κ3) is 6.19. The number of benzene rings is 2. The number of hydrogen-bond donors (Lipinski definition) is 1. The van der Waals surface area contributed by atoms with Gasteiger partial charge in [-0.1, -0.05) is 29.3 Å². The first kappa shape index (κ1) is 20.0. The van der Waals surface area contributed by atoms with Crippen LogP contribution in [-0.4, -0.2) is 25.1 Å². The molecular weight excluding hydrogens is 398 g/mol. The molecule has 0 aliphatic heterocycles. The summed E-state index contributed by atoms with van der Waals surface area (Å²) >= 11 is 3.42. The van der Waals surface area contributed by atoms with Crippen molar-refractivity contribution in [3.8, 4) is 5.75 Å². The van der Waals surface area contributed by atoms with Crippen LogP contribution in [0.25, 0.3) is 0 Å². The van der Waals surface area contributed by atoms with Gasteiger partial charge in [0.2, 0.25) is 0 Å². The number of ether oxygens (including phenoxy) is 2. The lowest BCUT2D eigenvalue weighted by atomic mass is 10.2. The third-order valence-electron chi connectivity index (χ3n) is 3.63. The van der Waals surface area contributed by atoms with Gasteiger partial charge < -0.3 is 14.8 Å². The number of aryl methyl sites for hydroxylation is 1. The molecule has 2 aromatic carbocycles. The van der Waals surface area contributed by atoms with Crippen molar-refractivity contribution in [2.24, 2.45) is 0 Å². The lowest BCUT2D eigenvalue weighted by Gasteiger charge is -2.09. The minimum absolute atomic E-state index is 0.0954. The van der Waals surface area contributed by atoms with Crippen molar-refractivity contribution in [3.05, 3.63) is 58.1 Å². The minimum Gasteiger partial charge on any atom is -0.484 e. The van der Waals surface area contributed by atoms with Crippen LogP contribution < -0.4 is 10.1 Å². The normalized spacial score (nSPS) is 10.3. The molecule has 2 rings (SSSR count). The molecule has 1 amide bonds. The van der Waals surface area contributed by atoms with Crippen molar-refractivity contribution < 1.29 is 19.1 Å². The van der Waals surface area contributed by atoms with Gasteiger partial charge in [0.25, 0.3) is 5.91 Å². The van der Waals surface area contributed by atoms with E-state index in [4.69, 9.17) is 9.47 Å². The fourth-order valence-electron chi connectivity index (χ4n) is 2.14. The molecule has 0 aliphatic rings. The van der Waals surface area contributed by atoms with Crippen LogP contribution in [0.2, 0.25) is 0 Å². The Bertz CT molecular complexity index is 759. The van der Waals surface area contributed by atoms with Crippen molar-refractivity contribution in [1.82, 2.24) is 0 Å². The van der Waals surface area contributed by atoms with Crippen LogP contribution in [0.4, 0.5) is 5.69 Å². The Kier molecular flexibility index (Phi) is 7.66. The van der Waals surface area contributed by atoms with Gasteiger partial charge in [0.1, 0.15) is 5.75 Å². The molecule has 138 valence electrons. The second kappa shape index (κ2) is 9.97. The molecule has 0 radical (unpaired) electrons. The smallest absolute Gasteiger partial charge is 0.338 e. The molecule has 0 saturated carbocycles. The maximum Gasteiger partial charge on any atom is 0.338 e. The van der Waals surface area contributed by atoms with Crippen LogP contribution in [0.15, 0.2) is 46.9 Å². The highest BCUT2D eigenvalue weighted by Crippen LogP contribution is 2.21. The number of nitrogens with one attached hydrogen (secondary N) is 1. The number of rotatable bonds is 8. The molecule has 0 heterocycles. The highest BCUT2D eigenvalue weighted by Gasteiger charge is 2.08. The predicted molar refractivity (Wildman–Crippen MR) is 105 cm³/mol. The molecule has 1 N–H and O–H groups in total. The largest absolute Gasteiger partial charge is 0.484 e. The Morgan fingerprint density at radius 2 is 1.85 bits per heavy atom. The first-order valence-corrected chi connectivity index (χ1v) is 9.25. The van der Waals surface area contributed by atoms with Gasteiger partial charge in [-0.2, -0.15) is 0 Å². The van der Waals surface area contributed by atoms with E-state index in [1.807, 2.05) is 26.0 Å². The zero-order valence-electron chi connectivity index (χ0n) is 14.9. The van der Waals surface area contributed by atoms with E-state index in [-0.39, 0.29) is 18.5 Å². The monoisotopic (exact) mass is 419 g/mol. The Balaban J connectivity index is 1.83. The number of halogens is 1. The van der Waals surface area contributed by atoms with Crippen LogP contribution >= 0.6 is 15.9 Å². The van der Waals surface area contributed by atoms with Crippen molar-refractivity contribution >= 4 is 33.5 Å². The minimum atomic E-state index is -0.356. The van der Waals surface area contributed by atoms with E-state index in [9.17, 15) is 9.59 Å². The number of carbonyl (C=O) groups excluding carboxylic acids is 2. The summed E-state index contributed by atoms with van der Waals surface area (Å²) in [6.45, 7) is 4.31. The number of anilines is 1. The Morgan fingerprint density at radius 1 is 1.12 bits per heavy atom. The lowest BCUT2D eigenvalue weighted by molar-refractivity contribution is -0.118. The van der Waals surface area contributed by atoms with Gasteiger partial charge in [-0.15, -0.1) is 0 Å². The molecule has 2 aromatic rings. The lowest BCUT2D eigenvalue weighted by Crippen LogP contribution is -2.20. The second-order valence-electron chi connectivity index (χ2n) is 5.81. The number of hydrogen-bond acceptors (Lipinski definition) is 4. The van der Waals surface area contributed by atoms with Gasteiger partial charge in [0.05, 0.1) is 12.2 Å². The second-order valence-corrected chi connectivity index (χ2v) is 6.67. The van der Waals surface area contributed by atoms with E-state index < -0.39 is 0 Å². The molecule has 0 spiro atoms. The van der Waals surface area contributed by atoms with Gasteiger partial charge in [-0.25, -0.2) is 4.79 Å². The highest BCUT2D eigenvalue weighted by atomic mass is 79.9. The zero-order chi connectivity index (χ0) is 18.9. The van der Waals surface area contributed by atoms with Crippen LogP contribution in [0.5, 0.6) is 5.75 Å². The Labute approximate surface area is 161 Å². The van der Waals surface area contributed by atoms with Crippen LogP contribution in [0.3, 0.4) is 0 Å². The van der Waals surface area contributed by atoms with Crippen LogP contribution in [0.1, 0.15) is 35.7 Å². The summed E-state index contributed by atoms with van der Waals surface area (Å²) in [5, 5.41) is 2.73. The average Bonchev–Trinajstić information content (AvgIpc) is 2.63. The zero-order valence-corrected chi connectivity index (χ0v) is 16.5. The van der Waals surface area contributed by atoms with Crippen molar-refractivity contribution in [1.29, 1.82) is 0 Å². The van der Waals surface area contributed by atoms with Crippen LogP contribution in [0, 0.1) is 6.92 Å². The first-order chi connectivity index (χ1) is 12.5. The number of unbranched alkanes of at least 4 members (excludes halogenated alkanes) is 1. The highest BCUT2D eigenvalue weighted by molar-refractivity contribution is 9.10. The summed E-state index contributed by atoms with van der Waals surface area (Å²) in [6.07, 6.45) is 1.82. The van der Waals surface area contributed by atoms with Gasteiger partial charge >= 0.3 is 5.97 Å². The van der Waals surface area contributed by atoms with E-state index in [2.05, 4.69) is 21.2 Å². The maximum absolute atomic E-state index is 12.0. The Morgan fingerprint density at radius 3 is 2.50 bits per heavy atom. The molecule has 6 heteroatoms. The van der Waals surface area contributed by atoms with Crippen molar-refractivity contribution in [3.63, 3.8) is 0 Å². The van der Waals surface area contributed by atoms with Crippen LogP contribution in [-0.2, 0) is 9.53 Å². The molecule has 0 aromatic heterocycles.